The molecule has 1 aromatic rings. The summed E-state index contributed by atoms with van der Waals surface area (Å²) < 4.78 is 20.7. The second-order valence-corrected chi connectivity index (χ2v) is 20.0. The summed E-state index contributed by atoms with van der Waals surface area (Å²) in [5.74, 6) is -0.0983. The quantitative estimate of drug-likeness (QED) is 0.119. The van der Waals surface area contributed by atoms with E-state index in [0.29, 0.717) is 6.42 Å². The highest BCUT2D eigenvalue weighted by atomic mass is 32.2. The molecule has 6 heteroatoms. The maximum absolute atomic E-state index is 15.1. The van der Waals surface area contributed by atoms with Crippen molar-refractivity contribution in [2.45, 2.75) is 193 Å². The van der Waals surface area contributed by atoms with Gasteiger partial charge in [0.05, 0.1) is 17.3 Å². The molecule has 0 radical (unpaired) electrons. The number of hydrogen-bond donors (Lipinski definition) is 1. The Morgan fingerprint density at radius 3 is 1.82 bits per heavy atom. The first kappa shape index (κ1) is 41.0. The molecule has 0 aliphatic heterocycles. The lowest BCUT2D eigenvalue weighted by molar-refractivity contribution is -0.141. The molecule has 1 aromatic carbocycles. The molecule has 1 N–H and O–H groups in total. The van der Waals surface area contributed by atoms with Gasteiger partial charge < -0.3 is 9.29 Å². The lowest BCUT2D eigenvalue weighted by atomic mass is 9.66. The number of carbonyl (C=O) groups is 1. The largest absolute Gasteiger partial charge is 0.508 e. The van der Waals surface area contributed by atoms with Gasteiger partial charge in [-0.15, -0.1) is 0 Å². The van der Waals surface area contributed by atoms with Crippen molar-refractivity contribution in [3.8, 4) is 5.75 Å². The third-order valence-corrected chi connectivity index (χ3v) is 12.6. The number of phenols is 1. The zero-order valence-corrected chi connectivity index (χ0v) is 32.4. The Morgan fingerprint density at radius 2 is 1.34 bits per heavy atom. The summed E-state index contributed by atoms with van der Waals surface area (Å²) >= 11 is 1.27. The summed E-state index contributed by atoms with van der Waals surface area (Å²) in [6.07, 6.45) is 12.2. The van der Waals surface area contributed by atoms with Crippen molar-refractivity contribution >= 4 is 28.8 Å². The summed E-state index contributed by atoms with van der Waals surface area (Å²) in [6, 6.07) is 5.60. The molecule has 0 fully saturated rings. The number of aromatic hydroxyl groups is 1. The van der Waals surface area contributed by atoms with Crippen molar-refractivity contribution in [3.05, 3.63) is 29.3 Å². The monoisotopic (exact) mass is 652 g/mol. The Hall–Kier alpha value is -1.01. The molecule has 256 valence electrons. The van der Waals surface area contributed by atoms with E-state index in [4.69, 9.17) is 4.18 Å². The van der Waals surface area contributed by atoms with Crippen molar-refractivity contribution in [2.24, 2.45) is 5.41 Å². The molecular weight excluding hydrogens is 585 g/mol. The van der Waals surface area contributed by atoms with E-state index in [1.54, 1.807) is 6.07 Å². The van der Waals surface area contributed by atoms with Crippen LogP contribution in [0.15, 0.2) is 18.2 Å². The van der Waals surface area contributed by atoms with Gasteiger partial charge in [-0.2, -0.15) is 0 Å². The first-order chi connectivity index (χ1) is 20.2. The van der Waals surface area contributed by atoms with Crippen molar-refractivity contribution in [2.75, 3.05) is 0 Å². The summed E-state index contributed by atoms with van der Waals surface area (Å²) in [5, 5.41) is 10.4. The van der Waals surface area contributed by atoms with Crippen molar-refractivity contribution < 1.29 is 18.3 Å². The van der Waals surface area contributed by atoms with E-state index in [1.807, 2.05) is 12.1 Å². The van der Waals surface area contributed by atoms with Crippen LogP contribution in [0, 0.1) is 5.41 Å². The molecule has 0 spiro atoms. The van der Waals surface area contributed by atoms with E-state index in [0.717, 1.165) is 56.1 Å². The van der Waals surface area contributed by atoms with Crippen LogP contribution in [0.2, 0.25) is 0 Å². The highest BCUT2D eigenvalue weighted by Gasteiger charge is 2.57. The summed E-state index contributed by atoms with van der Waals surface area (Å²) in [7, 11) is -1.37. The van der Waals surface area contributed by atoms with Gasteiger partial charge in [0.2, 0.25) is 0 Å². The van der Waals surface area contributed by atoms with Crippen LogP contribution < -0.4 is 0 Å². The fourth-order valence-corrected chi connectivity index (χ4v) is 9.47. The molecule has 3 unspecified atom stereocenters. The molecular formula is C38H68O4S2. The molecule has 0 aliphatic rings. The normalized spacial score (nSPS) is 15.9. The minimum Gasteiger partial charge on any atom is -0.508 e. The van der Waals surface area contributed by atoms with Gasteiger partial charge in [0, 0.05) is 20.3 Å². The van der Waals surface area contributed by atoms with Crippen molar-refractivity contribution in [1.82, 2.24) is 0 Å². The maximum Gasteiger partial charge on any atom is 0.329 e. The molecule has 0 aromatic heterocycles. The molecule has 0 saturated carbocycles. The van der Waals surface area contributed by atoms with Crippen LogP contribution in [-0.2, 0) is 30.6 Å². The topological polar surface area (TPSA) is 63.6 Å². The summed E-state index contributed by atoms with van der Waals surface area (Å²) in [6.45, 7) is 27.6. The summed E-state index contributed by atoms with van der Waals surface area (Å²) in [5.41, 5.74) is -0.392. The molecule has 3 atom stereocenters. The lowest BCUT2D eigenvalue weighted by Gasteiger charge is -2.48. The zero-order chi connectivity index (χ0) is 34.0. The minimum atomic E-state index is -1.37. The number of benzene rings is 1. The number of hydrogen-bond acceptors (Lipinski definition) is 5. The predicted molar refractivity (Wildman–Crippen MR) is 194 cm³/mol. The number of carbonyl (C=O) groups excluding carboxylic acids is 1. The Kier molecular flexibility index (Phi) is 16.1. The van der Waals surface area contributed by atoms with Crippen LogP contribution in [0.1, 0.15) is 178 Å². The van der Waals surface area contributed by atoms with Crippen molar-refractivity contribution in [3.63, 3.8) is 0 Å². The summed E-state index contributed by atoms with van der Waals surface area (Å²) in [4.78, 5) is 14.9. The van der Waals surface area contributed by atoms with E-state index in [9.17, 15) is 9.90 Å². The molecule has 0 saturated heterocycles. The van der Waals surface area contributed by atoms with Crippen LogP contribution in [0.5, 0.6) is 5.75 Å². The predicted octanol–water partition coefficient (Wildman–Crippen LogP) is 11.6. The molecule has 0 heterocycles. The van der Waals surface area contributed by atoms with E-state index in [1.165, 1.54) is 37.7 Å². The van der Waals surface area contributed by atoms with Gasteiger partial charge in [0.1, 0.15) is 11.2 Å². The van der Waals surface area contributed by atoms with E-state index in [-0.39, 0.29) is 21.9 Å². The number of rotatable bonds is 19. The Morgan fingerprint density at radius 1 is 0.795 bits per heavy atom. The third-order valence-electron chi connectivity index (χ3n) is 8.93. The Labute approximate surface area is 279 Å². The van der Waals surface area contributed by atoms with Gasteiger partial charge in [-0.05, 0) is 75.0 Å². The number of phenolic OH excluding ortho intramolecular Hbond substituents is 1. The molecule has 44 heavy (non-hydrogen) atoms. The Bertz CT molecular complexity index is 1050. The lowest BCUT2D eigenvalue weighted by Crippen LogP contribution is -2.58. The van der Waals surface area contributed by atoms with Crippen LogP contribution in [-0.4, -0.2) is 30.0 Å². The van der Waals surface area contributed by atoms with E-state index in [2.05, 4.69) is 90.0 Å². The Balaban J connectivity index is 3.87. The molecule has 0 bridgehead atoms. The van der Waals surface area contributed by atoms with Crippen LogP contribution in [0.4, 0.5) is 0 Å². The smallest absolute Gasteiger partial charge is 0.329 e. The first-order valence-electron chi connectivity index (χ1n) is 17.4. The SMILES string of the molecule is CCCCCCC(C)(C)SOC(=O)C(CCC)(c1ccc(O)c(C(C)(C)C)c1)C(S(=O)C(C)(C)CCCCCC)C(C)(C)C. The molecule has 0 aliphatic carbocycles. The van der Waals surface area contributed by atoms with E-state index >= 15 is 4.21 Å². The fourth-order valence-electron chi connectivity index (χ4n) is 6.45. The third kappa shape index (κ3) is 11.4. The first-order valence-corrected chi connectivity index (χ1v) is 19.3. The average Bonchev–Trinajstić information content (AvgIpc) is 2.90. The average molecular weight is 653 g/mol. The fraction of sp³-hybridized carbons (Fsp3) is 0.816. The van der Waals surface area contributed by atoms with Crippen LogP contribution in [0.3, 0.4) is 0 Å². The van der Waals surface area contributed by atoms with Gasteiger partial charge in [0.25, 0.3) is 0 Å². The number of unbranched alkanes of at least 4 members (excludes halogenated alkanes) is 6. The van der Waals surface area contributed by atoms with Crippen molar-refractivity contribution in [1.29, 1.82) is 0 Å². The van der Waals surface area contributed by atoms with Gasteiger partial charge in [-0.1, -0.05) is 132 Å². The zero-order valence-electron chi connectivity index (χ0n) is 30.8. The second kappa shape index (κ2) is 17.2. The molecule has 1 rings (SSSR count). The minimum absolute atomic E-state index is 0.215. The van der Waals surface area contributed by atoms with Gasteiger partial charge in [0.15, 0.2) is 0 Å². The highest BCUT2D eigenvalue weighted by Crippen LogP contribution is 2.50. The molecule has 4 nitrogen and oxygen atoms in total. The highest BCUT2D eigenvalue weighted by molar-refractivity contribution is 7.96. The van der Waals surface area contributed by atoms with E-state index < -0.39 is 31.6 Å². The molecule has 0 amide bonds. The van der Waals surface area contributed by atoms with Gasteiger partial charge in [-0.25, -0.2) is 0 Å². The van der Waals surface area contributed by atoms with Gasteiger partial charge >= 0.3 is 5.97 Å². The standard InChI is InChI=1S/C38H68O4S2/c1-14-17-19-21-26-36(10,11)43-42-33(40)38(25-16-3,29-23-24-31(39)30(28-29)34(4,5)6)32(35(7,8)9)44(41)37(12,13)27-22-20-18-15-2/h23-24,28,32,39H,14-22,25-27H2,1-13H3. The second-order valence-electron chi connectivity index (χ2n) is 16.3. The van der Waals surface area contributed by atoms with Gasteiger partial charge in [-0.3, -0.25) is 9.00 Å². The van der Waals surface area contributed by atoms with Crippen LogP contribution >= 0.6 is 12.0 Å². The van der Waals surface area contributed by atoms with Crippen LogP contribution in [0.25, 0.3) is 0 Å². The maximum atomic E-state index is 15.1.